The normalized spacial score (nSPS) is 15.7. The van der Waals surface area contributed by atoms with Crippen molar-refractivity contribution >= 4 is 46.4 Å². The fourth-order valence-corrected chi connectivity index (χ4v) is 4.19. The van der Waals surface area contributed by atoms with E-state index in [-0.39, 0.29) is 23.5 Å². The molecule has 0 spiro atoms. The number of halogens is 2. The molecule has 178 valence electrons. The van der Waals surface area contributed by atoms with Crippen LogP contribution in [0.25, 0.3) is 0 Å². The maximum atomic E-state index is 12.8. The van der Waals surface area contributed by atoms with Crippen LogP contribution >= 0.6 is 23.2 Å². The van der Waals surface area contributed by atoms with Crippen molar-refractivity contribution in [3.05, 3.63) is 63.8 Å². The molecule has 1 unspecified atom stereocenters. The van der Waals surface area contributed by atoms with Gasteiger partial charge in [-0.15, -0.1) is 0 Å². The monoisotopic (exact) mass is 501 g/mol. The number of likely N-dealkylation sites (tertiary alicyclic amines) is 1. The molecule has 1 aromatic heterocycles. The Balaban J connectivity index is 1.47. The zero-order valence-electron chi connectivity index (χ0n) is 19.1. The lowest BCUT2D eigenvalue weighted by Crippen LogP contribution is -2.21. The third-order valence-corrected chi connectivity index (χ3v) is 6.10. The first kappa shape index (κ1) is 24.1. The first-order valence-corrected chi connectivity index (χ1v) is 11.5. The van der Waals surface area contributed by atoms with Crippen LogP contribution in [-0.2, 0) is 0 Å². The summed E-state index contributed by atoms with van der Waals surface area (Å²) in [6.45, 7) is 3.96. The number of methoxy groups -OCH3 is 1. The molecule has 1 atom stereocenters. The summed E-state index contributed by atoms with van der Waals surface area (Å²) in [7, 11) is 3.53. The summed E-state index contributed by atoms with van der Waals surface area (Å²) < 4.78 is 11.5. The van der Waals surface area contributed by atoms with E-state index in [1.165, 1.54) is 13.3 Å². The summed E-state index contributed by atoms with van der Waals surface area (Å²) in [6.07, 6.45) is 2.61. The van der Waals surface area contributed by atoms with Crippen molar-refractivity contribution < 1.29 is 14.3 Å². The molecule has 8 nitrogen and oxygen atoms in total. The van der Waals surface area contributed by atoms with E-state index in [1.54, 1.807) is 18.2 Å². The summed E-state index contributed by atoms with van der Waals surface area (Å²) in [5.74, 6) is 0.762. The number of anilines is 3. The average molecular weight is 502 g/mol. The van der Waals surface area contributed by atoms with Crippen molar-refractivity contribution in [3.63, 3.8) is 0 Å². The molecule has 1 amide bonds. The summed E-state index contributed by atoms with van der Waals surface area (Å²) in [4.78, 5) is 23.6. The number of amides is 1. The zero-order valence-corrected chi connectivity index (χ0v) is 20.6. The second kappa shape index (κ2) is 10.5. The number of hydrogen-bond donors (Lipinski definition) is 2. The summed E-state index contributed by atoms with van der Waals surface area (Å²) >= 11 is 12.3. The van der Waals surface area contributed by atoms with Gasteiger partial charge in [0, 0.05) is 25.0 Å². The Bertz CT molecular complexity index is 1190. The van der Waals surface area contributed by atoms with Gasteiger partial charge in [0.15, 0.2) is 0 Å². The highest BCUT2D eigenvalue weighted by Gasteiger charge is 2.22. The van der Waals surface area contributed by atoms with Crippen LogP contribution in [-0.4, -0.2) is 54.1 Å². The minimum atomic E-state index is -0.492. The predicted molar refractivity (Wildman–Crippen MR) is 134 cm³/mol. The molecule has 1 fully saturated rings. The van der Waals surface area contributed by atoms with Gasteiger partial charge in [-0.3, -0.25) is 4.79 Å². The van der Waals surface area contributed by atoms with Crippen LogP contribution in [0.3, 0.4) is 0 Å². The Morgan fingerprint density at radius 1 is 1.21 bits per heavy atom. The minimum Gasteiger partial charge on any atom is -0.489 e. The summed E-state index contributed by atoms with van der Waals surface area (Å²) in [5, 5.41) is 6.47. The van der Waals surface area contributed by atoms with Crippen LogP contribution in [0.15, 0.2) is 42.6 Å². The molecule has 34 heavy (non-hydrogen) atoms. The zero-order chi connectivity index (χ0) is 24.2. The van der Waals surface area contributed by atoms with Crippen molar-refractivity contribution in [2.75, 3.05) is 37.9 Å². The first-order valence-electron chi connectivity index (χ1n) is 10.7. The number of nitrogens with one attached hydrogen (secondary N) is 2. The van der Waals surface area contributed by atoms with Crippen molar-refractivity contribution in [1.29, 1.82) is 0 Å². The molecule has 10 heteroatoms. The Labute approximate surface area is 208 Å². The van der Waals surface area contributed by atoms with E-state index < -0.39 is 5.91 Å². The lowest BCUT2D eigenvalue weighted by molar-refractivity contribution is 0.102. The van der Waals surface area contributed by atoms with Gasteiger partial charge in [0.25, 0.3) is 5.91 Å². The Hall–Kier alpha value is -3.07. The highest BCUT2D eigenvalue weighted by Crippen LogP contribution is 2.31. The highest BCUT2D eigenvalue weighted by atomic mass is 35.5. The molecule has 2 N–H and O–H groups in total. The maximum absolute atomic E-state index is 12.8. The molecule has 0 radical (unpaired) electrons. The van der Waals surface area contributed by atoms with Gasteiger partial charge in [-0.2, -0.15) is 4.98 Å². The van der Waals surface area contributed by atoms with Gasteiger partial charge < -0.3 is 25.0 Å². The quantitative estimate of drug-likeness (QED) is 0.460. The molecule has 0 aliphatic carbocycles. The van der Waals surface area contributed by atoms with E-state index in [2.05, 4.69) is 32.5 Å². The van der Waals surface area contributed by atoms with Crippen molar-refractivity contribution in [2.24, 2.45) is 0 Å². The van der Waals surface area contributed by atoms with Gasteiger partial charge in [0.05, 0.1) is 22.8 Å². The van der Waals surface area contributed by atoms with E-state index >= 15 is 0 Å². The van der Waals surface area contributed by atoms with E-state index in [0.29, 0.717) is 15.7 Å². The van der Waals surface area contributed by atoms with Gasteiger partial charge in [0.1, 0.15) is 17.4 Å². The Morgan fingerprint density at radius 3 is 2.62 bits per heavy atom. The number of aryl methyl sites for hydroxylation is 1. The van der Waals surface area contributed by atoms with E-state index in [0.717, 1.165) is 36.5 Å². The molecule has 1 aliphatic rings. The summed E-state index contributed by atoms with van der Waals surface area (Å²) in [5.41, 5.74) is 2.24. The van der Waals surface area contributed by atoms with Crippen LogP contribution in [0.2, 0.25) is 10.0 Å². The second-order valence-corrected chi connectivity index (χ2v) is 8.88. The van der Waals surface area contributed by atoms with E-state index in [4.69, 9.17) is 32.7 Å². The number of rotatable bonds is 7. The number of carbonyl (C=O) groups excluding carboxylic acids is 1. The van der Waals surface area contributed by atoms with Crippen LogP contribution < -0.4 is 20.1 Å². The molecule has 2 heterocycles. The first-order chi connectivity index (χ1) is 16.3. The molecule has 3 aromatic rings. The van der Waals surface area contributed by atoms with Crippen LogP contribution in [0.1, 0.15) is 22.3 Å². The number of para-hydroxylation sites is 1. The van der Waals surface area contributed by atoms with Gasteiger partial charge >= 0.3 is 0 Å². The van der Waals surface area contributed by atoms with Crippen molar-refractivity contribution in [3.8, 4) is 11.6 Å². The van der Waals surface area contributed by atoms with Gasteiger partial charge in [0.2, 0.25) is 11.8 Å². The van der Waals surface area contributed by atoms with Crippen molar-refractivity contribution in [1.82, 2.24) is 14.9 Å². The maximum Gasteiger partial charge on any atom is 0.262 e. The molecule has 0 saturated carbocycles. The molecule has 4 rings (SSSR count). The molecule has 0 bridgehead atoms. The third-order valence-electron chi connectivity index (χ3n) is 5.47. The fraction of sp³-hybridized carbons (Fsp3) is 0.292. The number of nitrogens with zero attached hydrogens (tertiary/aromatic N) is 3. The SMILES string of the molecule is COc1nc(Nc2ccc(OC3CCN(C)C3)c(C)c2)ncc1C(=O)Nc1c(Cl)cccc1Cl. The lowest BCUT2D eigenvalue weighted by atomic mass is 10.2. The second-order valence-electron chi connectivity index (χ2n) is 8.06. The van der Waals surface area contributed by atoms with Gasteiger partial charge in [-0.1, -0.05) is 29.3 Å². The predicted octanol–water partition coefficient (Wildman–Crippen LogP) is 5.18. The molecular formula is C24H25Cl2N5O3. The Morgan fingerprint density at radius 2 is 1.97 bits per heavy atom. The van der Waals surface area contributed by atoms with Crippen molar-refractivity contribution in [2.45, 2.75) is 19.4 Å². The topological polar surface area (TPSA) is 88.6 Å². The number of likely N-dealkylation sites (N-methyl/N-ethyl adjacent to an activating group) is 1. The number of carbonyl (C=O) groups is 1. The third kappa shape index (κ3) is 5.52. The molecule has 1 saturated heterocycles. The average Bonchev–Trinajstić information content (AvgIpc) is 3.22. The molecule has 1 aliphatic heterocycles. The van der Waals surface area contributed by atoms with Gasteiger partial charge in [-0.25, -0.2) is 4.98 Å². The highest BCUT2D eigenvalue weighted by molar-refractivity contribution is 6.40. The van der Waals surface area contributed by atoms with E-state index in [1.807, 2.05) is 25.1 Å². The molecular weight excluding hydrogens is 477 g/mol. The number of aromatic nitrogens is 2. The largest absolute Gasteiger partial charge is 0.489 e. The van der Waals surface area contributed by atoms with Crippen LogP contribution in [0, 0.1) is 6.92 Å². The lowest BCUT2D eigenvalue weighted by Gasteiger charge is -2.16. The smallest absolute Gasteiger partial charge is 0.262 e. The van der Waals surface area contributed by atoms with Gasteiger partial charge in [-0.05, 0) is 56.3 Å². The van der Waals surface area contributed by atoms with E-state index in [9.17, 15) is 4.79 Å². The number of ether oxygens (including phenoxy) is 2. The standard InChI is InChI=1S/C24H25Cl2N5O3/c1-14-11-15(7-8-20(14)34-16-9-10-31(2)13-16)28-24-27-12-17(23(30-24)33-3)22(32)29-21-18(25)5-4-6-19(21)26/h4-8,11-12,16H,9-10,13H2,1-3H3,(H,29,32)(H,27,28,30). The minimum absolute atomic E-state index is 0.111. The fourth-order valence-electron chi connectivity index (χ4n) is 3.69. The summed E-state index contributed by atoms with van der Waals surface area (Å²) in [6, 6.07) is 10.8. The van der Waals surface area contributed by atoms with Crippen LogP contribution in [0.5, 0.6) is 11.6 Å². The molecule has 2 aromatic carbocycles. The Kier molecular flexibility index (Phi) is 7.41. The number of hydrogen-bond acceptors (Lipinski definition) is 7. The van der Waals surface area contributed by atoms with Crippen LogP contribution in [0.4, 0.5) is 17.3 Å². The number of benzene rings is 2.